The largest absolute Gasteiger partial charge is 0.492 e. The summed E-state index contributed by atoms with van der Waals surface area (Å²) in [6.45, 7) is 8.88. The topological polar surface area (TPSA) is 48.1 Å². The van der Waals surface area contributed by atoms with Gasteiger partial charge in [-0.15, -0.1) is 0 Å². The van der Waals surface area contributed by atoms with Crippen molar-refractivity contribution in [2.45, 2.75) is 33.6 Å². The van der Waals surface area contributed by atoms with E-state index in [0.717, 1.165) is 33.6 Å². The normalized spacial score (nSPS) is 11.2. The van der Waals surface area contributed by atoms with Crippen LogP contribution in [0.15, 0.2) is 18.2 Å². The molecule has 0 aliphatic carbocycles. The van der Waals surface area contributed by atoms with Gasteiger partial charge in [0.1, 0.15) is 11.3 Å². The zero-order chi connectivity index (χ0) is 13.3. The average Bonchev–Trinajstić information content (AvgIpc) is 2.30. The molecule has 0 radical (unpaired) electrons. The molecule has 0 fully saturated rings. The highest BCUT2D eigenvalue weighted by atomic mass is 16.5. The Labute approximate surface area is 108 Å². The van der Waals surface area contributed by atoms with Crippen LogP contribution in [-0.2, 0) is 0 Å². The number of rotatable bonds is 3. The van der Waals surface area contributed by atoms with Crippen LogP contribution in [0.25, 0.3) is 10.9 Å². The molecule has 96 valence electrons. The van der Waals surface area contributed by atoms with Gasteiger partial charge in [-0.05, 0) is 31.4 Å². The van der Waals surface area contributed by atoms with Gasteiger partial charge in [0.2, 0.25) is 0 Å². The highest BCUT2D eigenvalue weighted by Gasteiger charge is 2.15. The van der Waals surface area contributed by atoms with Gasteiger partial charge in [-0.2, -0.15) is 0 Å². The van der Waals surface area contributed by atoms with E-state index >= 15 is 0 Å². The van der Waals surface area contributed by atoms with E-state index in [1.807, 2.05) is 32.0 Å². The highest BCUT2D eigenvalue weighted by Crippen LogP contribution is 2.34. The number of hydrogen-bond acceptors (Lipinski definition) is 3. The molecule has 1 aromatic carbocycles. The third-order valence-electron chi connectivity index (χ3n) is 3.13. The fourth-order valence-electron chi connectivity index (χ4n) is 2.42. The van der Waals surface area contributed by atoms with Gasteiger partial charge in [-0.25, -0.2) is 4.98 Å². The second-order valence-electron chi connectivity index (χ2n) is 4.76. The summed E-state index contributed by atoms with van der Waals surface area (Å²) < 4.78 is 5.61. The molecule has 2 N–H and O–H groups in total. The Bertz CT molecular complexity index is 576. The number of anilines is 1. The number of nitrogens with zero attached hydrogens (tertiary/aromatic N) is 1. The third-order valence-corrected chi connectivity index (χ3v) is 3.13. The standard InChI is InChI=1S/C15H20N2O/c1-5-18-12-8-6-7-11-14(16)13(9(2)3)10(4)17-15(11)12/h6-9H,5H2,1-4H3,(H2,16,17). The van der Waals surface area contributed by atoms with Crippen LogP contribution in [0.4, 0.5) is 5.69 Å². The molecule has 0 unspecified atom stereocenters. The SMILES string of the molecule is CCOc1cccc2c(N)c(C(C)C)c(C)nc12. The van der Waals surface area contributed by atoms with Crippen molar-refractivity contribution in [1.29, 1.82) is 0 Å². The number of benzene rings is 1. The first-order valence-electron chi connectivity index (χ1n) is 6.37. The van der Waals surface area contributed by atoms with Gasteiger partial charge in [0, 0.05) is 16.8 Å². The second kappa shape index (κ2) is 4.84. The van der Waals surface area contributed by atoms with Crippen LogP contribution in [0.1, 0.15) is 37.9 Å². The molecule has 0 amide bonds. The monoisotopic (exact) mass is 244 g/mol. The molecule has 3 heteroatoms. The van der Waals surface area contributed by atoms with Crippen molar-refractivity contribution >= 4 is 16.6 Å². The van der Waals surface area contributed by atoms with Crippen molar-refractivity contribution in [3.63, 3.8) is 0 Å². The quantitative estimate of drug-likeness (QED) is 0.896. The molecule has 2 aromatic rings. The van der Waals surface area contributed by atoms with E-state index in [1.165, 1.54) is 0 Å². The molecule has 0 aliphatic rings. The number of hydrogen-bond donors (Lipinski definition) is 1. The minimum atomic E-state index is 0.373. The van der Waals surface area contributed by atoms with E-state index in [1.54, 1.807) is 0 Å². The molecule has 3 nitrogen and oxygen atoms in total. The van der Waals surface area contributed by atoms with Crippen LogP contribution < -0.4 is 10.5 Å². The number of para-hydroxylation sites is 1. The van der Waals surface area contributed by atoms with E-state index < -0.39 is 0 Å². The van der Waals surface area contributed by atoms with Gasteiger partial charge in [-0.1, -0.05) is 26.0 Å². The Balaban J connectivity index is 2.77. The lowest BCUT2D eigenvalue weighted by molar-refractivity contribution is 0.343. The van der Waals surface area contributed by atoms with Crippen LogP contribution in [0, 0.1) is 6.92 Å². The van der Waals surface area contributed by atoms with E-state index in [-0.39, 0.29) is 0 Å². The molecule has 2 rings (SSSR count). The third kappa shape index (κ3) is 2.01. The molecule has 0 atom stereocenters. The Morgan fingerprint density at radius 1 is 1.33 bits per heavy atom. The fraction of sp³-hybridized carbons (Fsp3) is 0.400. The van der Waals surface area contributed by atoms with Gasteiger partial charge in [-0.3, -0.25) is 0 Å². The summed E-state index contributed by atoms with van der Waals surface area (Å²) in [5, 5.41) is 0.982. The number of pyridine rings is 1. The van der Waals surface area contributed by atoms with Gasteiger partial charge in [0.25, 0.3) is 0 Å². The smallest absolute Gasteiger partial charge is 0.145 e. The molecule has 1 aromatic heterocycles. The minimum Gasteiger partial charge on any atom is -0.492 e. The zero-order valence-electron chi connectivity index (χ0n) is 11.4. The summed E-state index contributed by atoms with van der Waals surface area (Å²) in [5.74, 6) is 1.18. The number of nitrogen functional groups attached to an aromatic ring is 1. The summed E-state index contributed by atoms with van der Waals surface area (Å²) >= 11 is 0. The summed E-state index contributed by atoms with van der Waals surface area (Å²) in [6.07, 6.45) is 0. The van der Waals surface area contributed by atoms with Gasteiger partial charge in [0.15, 0.2) is 0 Å². The van der Waals surface area contributed by atoms with E-state index in [2.05, 4.69) is 18.8 Å². The Hall–Kier alpha value is -1.77. The van der Waals surface area contributed by atoms with Gasteiger partial charge < -0.3 is 10.5 Å². The van der Waals surface area contributed by atoms with E-state index in [4.69, 9.17) is 10.5 Å². The van der Waals surface area contributed by atoms with Gasteiger partial charge in [0.05, 0.1) is 6.61 Å². The second-order valence-corrected chi connectivity index (χ2v) is 4.76. The predicted octanol–water partition coefficient (Wildman–Crippen LogP) is 3.65. The van der Waals surface area contributed by atoms with E-state index in [9.17, 15) is 0 Å². The number of aryl methyl sites for hydroxylation is 1. The Morgan fingerprint density at radius 2 is 2.06 bits per heavy atom. The molecular formula is C15H20N2O. The lowest BCUT2D eigenvalue weighted by Crippen LogP contribution is -2.04. The highest BCUT2D eigenvalue weighted by molar-refractivity contribution is 5.95. The summed E-state index contributed by atoms with van der Waals surface area (Å²) in [5.41, 5.74) is 10.1. The number of ether oxygens (including phenoxy) is 1. The van der Waals surface area contributed by atoms with Crippen LogP contribution in [0.5, 0.6) is 5.75 Å². The zero-order valence-corrected chi connectivity index (χ0v) is 11.4. The fourth-order valence-corrected chi connectivity index (χ4v) is 2.42. The maximum atomic E-state index is 6.29. The van der Waals surface area contributed by atoms with Crippen molar-refractivity contribution in [3.8, 4) is 5.75 Å². The van der Waals surface area contributed by atoms with Crippen molar-refractivity contribution < 1.29 is 4.74 Å². The number of aromatic nitrogens is 1. The maximum Gasteiger partial charge on any atom is 0.145 e. The van der Waals surface area contributed by atoms with Crippen LogP contribution in [0.3, 0.4) is 0 Å². The predicted molar refractivity (Wildman–Crippen MR) is 76.2 cm³/mol. The molecule has 0 aliphatic heterocycles. The average molecular weight is 244 g/mol. The van der Waals surface area contributed by atoms with Crippen molar-refractivity contribution in [3.05, 3.63) is 29.5 Å². The molecule has 18 heavy (non-hydrogen) atoms. The maximum absolute atomic E-state index is 6.29. The molecule has 0 bridgehead atoms. The molecule has 0 spiro atoms. The number of nitrogens with two attached hydrogens (primary N) is 1. The lowest BCUT2D eigenvalue weighted by Gasteiger charge is -2.16. The van der Waals surface area contributed by atoms with Crippen LogP contribution in [0.2, 0.25) is 0 Å². The summed E-state index contributed by atoms with van der Waals surface area (Å²) in [7, 11) is 0. The van der Waals surface area contributed by atoms with Crippen LogP contribution >= 0.6 is 0 Å². The first-order chi connectivity index (χ1) is 8.56. The molecular weight excluding hydrogens is 224 g/mol. The Morgan fingerprint density at radius 3 is 2.67 bits per heavy atom. The van der Waals surface area contributed by atoms with E-state index in [0.29, 0.717) is 12.5 Å². The first-order valence-corrected chi connectivity index (χ1v) is 6.37. The molecule has 1 heterocycles. The lowest BCUT2D eigenvalue weighted by atomic mass is 9.97. The first kappa shape index (κ1) is 12.7. The number of fused-ring (bicyclic) bond motifs is 1. The molecule has 0 saturated carbocycles. The Kier molecular flexibility index (Phi) is 3.41. The van der Waals surface area contributed by atoms with Crippen molar-refractivity contribution in [2.75, 3.05) is 12.3 Å². The van der Waals surface area contributed by atoms with Crippen LogP contribution in [-0.4, -0.2) is 11.6 Å². The minimum absolute atomic E-state index is 0.373. The molecule has 0 saturated heterocycles. The summed E-state index contributed by atoms with van der Waals surface area (Å²) in [4.78, 5) is 4.67. The van der Waals surface area contributed by atoms with Gasteiger partial charge >= 0.3 is 0 Å². The summed E-state index contributed by atoms with van der Waals surface area (Å²) in [6, 6.07) is 5.91. The van der Waals surface area contributed by atoms with Crippen molar-refractivity contribution in [1.82, 2.24) is 4.98 Å². The van der Waals surface area contributed by atoms with Crippen molar-refractivity contribution in [2.24, 2.45) is 0 Å².